The second kappa shape index (κ2) is 5.86. The standard InChI is InChI=1S/C8H6BrFO.C2H6/c1-5-6(4-11)2-7(9)3-8(5)10;1-2/h2-4H,1H3;1-2H3. The van der Waals surface area contributed by atoms with E-state index in [-0.39, 0.29) is 5.82 Å². The predicted molar refractivity (Wildman–Crippen MR) is 55.6 cm³/mol. The maximum Gasteiger partial charge on any atom is 0.150 e. The van der Waals surface area contributed by atoms with Gasteiger partial charge in [-0.1, -0.05) is 29.8 Å². The van der Waals surface area contributed by atoms with Gasteiger partial charge in [-0.25, -0.2) is 4.39 Å². The van der Waals surface area contributed by atoms with Crippen LogP contribution in [-0.2, 0) is 0 Å². The van der Waals surface area contributed by atoms with Crippen LogP contribution in [0.1, 0.15) is 29.8 Å². The van der Waals surface area contributed by atoms with Crippen LogP contribution in [0.15, 0.2) is 16.6 Å². The molecule has 3 heteroatoms. The first-order chi connectivity index (χ1) is 6.15. The number of hydrogen-bond donors (Lipinski definition) is 0. The van der Waals surface area contributed by atoms with Crippen molar-refractivity contribution in [2.45, 2.75) is 20.8 Å². The maximum absolute atomic E-state index is 12.8. The minimum absolute atomic E-state index is 0.360. The normalized spacial score (nSPS) is 8.69. The minimum atomic E-state index is -0.360. The number of halogens is 2. The molecule has 0 saturated carbocycles. The molecule has 0 aromatic heterocycles. The SMILES string of the molecule is CC.Cc1c(F)cc(Br)cc1C=O. The van der Waals surface area contributed by atoms with Crippen LogP contribution in [0.4, 0.5) is 4.39 Å². The number of aldehydes is 1. The second-order valence-electron chi connectivity index (χ2n) is 2.22. The van der Waals surface area contributed by atoms with Crippen molar-refractivity contribution in [1.29, 1.82) is 0 Å². The van der Waals surface area contributed by atoms with Gasteiger partial charge in [0.2, 0.25) is 0 Å². The Morgan fingerprint density at radius 2 is 1.92 bits per heavy atom. The number of carbonyl (C=O) groups excluding carboxylic acids is 1. The molecule has 0 radical (unpaired) electrons. The van der Waals surface area contributed by atoms with Crippen LogP contribution in [0, 0.1) is 12.7 Å². The number of rotatable bonds is 1. The van der Waals surface area contributed by atoms with Gasteiger partial charge in [0.05, 0.1) is 0 Å². The molecular weight excluding hydrogens is 235 g/mol. The monoisotopic (exact) mass is 246 g/mol. The maximum atomic E-state index is 12.8. The molecule has 0 amide bonds. The lowest BCUT2D eigenvalue weighted by Gasteiger charge is -1.99. The summed E-state index contributed by atoms with van der Waals surface area (Å²) in [7, 11) is 0. The van der Waals surface area contributed by atoms with E-state index in [4.69, 9.17) is 0 Å². The highest BCUT2D eigenvalue weighted by atomic mass is 79.9. The van der Waals surface area contributed by atoms with Crippen molar-refractivity contribution >= 4 is 22.2 Å². The van der Waals surface area contributed by atoms with Crippen molar-refractivity contribution in [3.63, 3.8) is 0 Å². The van der Waals surface area contributed by atoms with Crippen LogP contribution in [0.25, 0.3) is 0 Å². The number of hydrogen-bond acceptors (Lipinski definition) is 1. The van der Waals surface area contributed by atoms with Gasteiger partial charge in [-0.3, -0.25) is 4.79 Å². The third-order valence-corrected chi connectivity index (χ3v) is 1.93. The van der Waals surface area contributed by atoms with E-state index in [0.717, 1.165) is 0 Å². The first-order valence-electron chi connectivity index (χ1n) is 4.06. The molecule has 0 aliphatic heterocycles. The Morgan fingerprint density at radius 3 is 2.38 bits per heavy atom. The molecule has 0 heterocycles. The third-order valence-electron chi connectivity index (χ3n) is 1.48. The van der Waals surface area contributed by atoms with Crippen molar-refractivity contribution in [2.24, 2.45) is 0 Å². The largest absolute Gasteiger partial charge is 0.298 e. The van der Waals surface area contributed by atoms with Gasteiger partial charge in [-0.2, -0.15) is 0 Å². The molecule has 0 N–H and O–H groups in total. The Morgan fingerprint density at radius 1 is 1.38 bits per heavy atom. The summed E-state index contributed by atoms with van der Waals surface area (Å²) in [6, 6.07) is 2.92. The molecule has 0 aliphatic carbocycles. The van der Waals surface area contributed by atoms with Crippen molar-refractivity contribution in [3.8, 4) is 0 Å². The predicted octanol–water partition coefficient (Wildman–Crippen LogP) is 3.74. The van der Waals surface area contributed by atoms with Gasteiger partial charge in [0.25, 0.3) is 0 Å². The van der Waals surface area contributed by atoms with Gasteiger partial charge < -0.3 is 0 Å². The summed E-state index contributed by atoms with van der Waals surface area (Å²) in [5, 5.41) is 0. The lowest BCUT2D eigenvalue weighted by atomic mass is 10.1. The Bertz CT molecular complexity index is 297. The molecule has 0 atom stereocenters. The Hall–Kier alpha value is -0.700. The molecular formula is C10H12BrFO. The highest BCUT2D eigenvalue weighted by Gasteiger charge is 2.03. The highest BCUT2D eigenvalue weighted by molar-refractivity contribution is 9.10. The fourth-order valence-electron chi connectivity index (χ4n) is 0.788. The summed E-state index contributed by atoms with van der Waals surface area (Å²) in [5.74, 6) is -0.360. The van der Waals surface area contributed by atoms with Crippen LogP contribution in [0.5, 0.6) is 0 Å². The molecule has 1 rings (SSSR count). The molecule has 1 aromatic rings. The molecule has 0 saturated heterocycles. The van der Waals surface area contributed by atoms with Gasteiger partial charge in [-0.15, -0.1) is 0 Å². The van der Waals surface area contributed by atoms with Crippen LogP contribution in [0.2, 0.25) is 0 Å². The van der Waals surface area contributed by atoms with Crippen molar-refractivity contribution < 1.29 is 9.18 Å². The van der Waals surface area contributed by atoms with Crippen molar-refractivity contribution in [1.82, 2.24) is 0 Å². The average molecular weight is 247 g/mol. The van der Waals surface area contributed by atoms with Crippen molar-refractivity contribution in [3.05, 3.63) is 33.5 Å². The summed E-state index contributed by atoms with van der Waals surface area (Å²) in [5.41, 5.74) is 0.778. The Kier molecular flexibility index (Phi) is 5.55. The molecule has 0 bridgehead atoms. The average Bonchev–Trinajstić information content (AvgIpc) is 2.14. The lowest BCUT2D eigenvalue weighted by molar-refractivity contribution is 0.112. The highest BCUT2D eigenvalue weighted by Crippen LogP contribution is 2.18. The molecule has 13 heavy (non-hydrogen) atoms. The topological polar surface area (TPSA) is 17.1 Å². The fourth-order valence-corrected chi connectivity index (χ4v) is 1.24. The summed E-state index contributed by atoms with van der Waals surface area (Å²) in [6.07, 6.45) is 0.642. The Balaban J connectivity index is 0.000000671. The van der Waals surface area contributed by atoms with E-state index in [2.05, 4.69) is 15.9 Å². The molecule has 0 aliphatic rings. The quantitative estimate of drug-likeness (QED) is 0.691. The van der Waals surface area contributed by atoms with E-state index >= 15 is 0 Å². The van der Waals surface area contributed by atoms with E-state index in [1.807, 2.05) is 13.8 Å². The molecule has 0 spiro atoms. The van der Waals surface area contributed by atoms with Crippen molar-refractivity contribution in [2.75, 3.05) is 0 Å². The van der Waals surface area contributed by atoms with E-state index in [1.54, 1.807) is 13.0 Å². The Labute approximate surface area is 86.1 Å². The van der Waals surface area contributed by atoms with Gasteiger partial charge in [0, 0.05) is 10.0 Å². The number of benzene rings is 1. The van der Waals surface area contributed by atoms with Gasteiger partial charge in [0.15, 0.2) is 0 Å². The van der Waals surface area contributed by atoms with E-state index in [1.165, 1.54) is 6.07 Å². The summed E-state index contributed by atoms with van der Waals surface area (Å²) < 4.78 is 13.4. The fraction of sp³-hybridized carbons (Fsp3) is 0.300. The van der Waals surface area contributed by atoms with E-state index in [9.17, 15) is 9.18 Å². The van der Waals surface area contributed by atoms with Gasteiger partial charge in [0.1, 0.15) is 12.1 Å². The van der Waals surface area contributed by atoms with Crippen LogP contribution in [-0.4, -0.2) is 6.29 Å². The number of carbonyl (C=O) groups is 1. The van der Waals surface area contributed by atoms with Crippen LogP contribution < -0.4 is 0 Å². The van der Waals surface area contributed by atoms with Crippen LogP contribution in [0.3, 0.4) is 0 Å². The second-order valence-corrected chi connectivity index (χ2v) is 3.14. The molecule has 1 aromatic carbocycles. The minimum Gasteiger partial charge on any atom is -0.298 e. The third kappa shape index (κ3) is 3.27. The smallest absolute Gasteiger partial charge is 0.150 e. The molecule has 1 nitrogen and oxygen atoms in total. The van der Waals surface area contributed by atoms with E-state index in [0.29, 0.717) is 21.9 Å². The lowest BCUT2D eigenvalue weighted by Crippen LogP contribution is -1.90. The summed E-state index contributed by atoms with van der Waals surface area (Å²) >= 11 is 3.09. The van der Waals surface area contributed by atoms with Gasteiger partial charge in [-0.05, 0) is 24.6 Å². The first kappa shape index (κ1) is 12.3. The zero-order valence-electron chi connectivity index (χ0n) is 7.90. The summed E-state index contributed by atoms with van der Waals surface area (Å²) in [6.45, 7) is 5.57. The first-order valence-corrected chi connectivity index (χ1v) is 4.85. The van der Waals surface area contributed by atoms with Gasteiger partial charge >= 0.3 is 0 Å². The molecule has 0 fully saturated rings. The summed E-state index contributed by atoms with van der Waals surface area (Å²) in [4.78, 5) is 10.3. The van der Waals surface area contributed by atoms with E-state index < -0.39 is 0 Å². The zero-order chi connectivity index (χ0) is 10.4. The van der Waals surface area contributed by atoms with Crippen LogP contribution >= 0.6 is 15.9 Å². The molecule has 0 unspecified atom stereocenters. The molecule has 72 valence electrons. The zero-order valence-corrected chi connectivity index (χ0v) is 9.48.